The number of aryl methyl sites for hydroxylation is 1. The molecule has 1 aromatic heterocycles. The van der Waals surface area contributed by atoms with Gasteiger partial charge in [-0.1, -0.05) is 12.1 Å². The lowest BCUT2D eigenvalue weighted by Gasteiger charge is -2.12. The Bertz CT molecular complexity index is 747. The van der Waals surface area contributed by atoms with Gasteiger partial charge < -0.3 is 20.7 Å². The third kappa shape index (κ3) is 6.08. The zero-order chi connectivity index (χ0) is 18.8. The summed E-state index contributed by atoms with van der Waals surface area (Å²) in [5, 5.41) is 8.92. The Morgan fingerprint density at radius 1 is 1.27 bits per heavy atom. The van der Waals surface area contributed by atoms with Gasteiger partial charge in [-0.25, -0.2) is 4.99 Å². The number of carbonyl (C=O) groups excluding carboxylic acids is 1. The van der Waals surface area contributed by atoms with Crippen molar-refractivity contribution < 1.29 is 9.53 Å². The van der Waals surface area contributed by atoms with Crippen molar-refractivity contribution in [3.8, 4) is 5.75 Å². The van der Waals surface area contributed by atoms with Crippen LogP contribution in [0.3, 0.4) is 0 Å². The van der Waals surface area contributed by atoms with Crippen molar-refractivity contribution in [2.24, 2.45) is 4.99 Å². The van der Waals surface area contributed by atoms with Crippen molar-refractivity contribution >= 4 is 17.6 Å². The number of nitrogens with zero attached hydrogens (tertiary/aromatic N) is 2. The molecule has 7 heteroatoms. The number of carbonyl (C=O) groups is 1. The quantitative estimate of drug-likeness (QED) is 0.523. The first-order valence-corrected chi connectivity index (χ1v) is 8.48. The number of benzene rings is 1. The maximum absolute atomic E-state index is 12.0. The van der Waals surface area contributed by atoms with Crippen LogP contribution in [0.4, 0.5) is 5.69 Å². The average Bonchev–Trinajstić information content (AvgIpc) is 2.65. The number of ether oxygens (including phenoxy) is 1. The van der Waals surface area contributed by atoms with Crippen molar-refractivity contribution in [1.82, 2.24) is 15.6 Å². The largest absolute Gasteiger partial charge is 0.496 e. The van der Waals surface area contributed by atoms with E-state index in [1.54, 1.807) is 31.6 Å². The molecule has 7 nitrogen and oxygen atoms in total. The van der Waals surface area contributed by atoms with Crippen LogP contribution in [0.2, 0.25) is 0 Å². The highest BCUT2D eigenvalue weighted by Gasteiger charge is 2.06. The van der Waals surface area contributed by atoms with Crippen molar-refractivity contribution in [3.05, 3.63) is 53.9 Å². The van der Waals surface area contributed by atoms with Crippen LogP contribution in [0.5, 0.6) is 5.75 Å². The van der Waals surface area contributed by atoms with Crippen LogP contribution in [0.15, 0.2) is 47.7 Å². The number of methoxy groups -OCH3 is 1. The minimum absolute atomic E-state index is 0.103. The van der Waals surface area contributed by atoms with E-state index in [-0.39, 0.29) is 12.5 Å². The Labute approximate surface area is 153 Å². The third-order valence-electron chi connectivity index (χ3n) is 3.56. The van der Waals surface area contributed by atoms with Gasteiger partial charge in [-0.05, 0) is 37.6 Å². The predicted molar refractivity (Wildman–Crippen MR) is 103 cm³/mol. The average molecular weight is 355 g/mol. The molecular weight excluding hydrogens is 330 g/mol. The van der Waals surface area contributed by atoms with Crippen LogP contribution in [-0.4, -0.2) is 37.1 Å². The number of aliphatic imine (C=N–C) groups is 1. The molecule has 0 aliphatic carbocycles. The van der Waals surface area contributed by atoms with Crippen LogP contribution in [0.25, 0.3) is 0 Å². The molecule has 0 aliphatic heterocycles. The summed E-state index contributed by atoms with van der Waals surface area (Å²) in [5.41, 5.74) is 2.77. The molecule has 0 aliphatic rings. The topological polar surface area (TPSA) is 87.6 Å². The molecule has 0 fully saturated rings. The molecule has 0 saturated carbocycles. The van der Waals surface area contributed by atoms with Crippen molar-refractivity contribution in [2.75, 3.05) is 25.5 Å². The summed E-state index contributed by atoms with van der Waals surface area (Å²) in [4.78, 5) is 20.5. The first kappa shape index (κ1) is 19.2. The van der Waals surface area contributed by atoms with E-state index >= 15 is 0 Å². The highest BCUT2D eigenvalue weighted by Crippen LogP contribution is 2.20. The van der Waals surface area contributed by atoms with Crippen molar-refractivity contribution in [3.63, 3.8) is 0 Å². The number of rotatable bonds is 7. The Kier molecular flexibility index (Phi) is 7.42. The summed E-state index contributed by atoms with van der Waals surface area (Å²) in [6, 6.07) is 9.55. The van der Waals surface area contributed by atoms with E-state index in [2.05, 4.69) is 25.9 Å². The number of guanidine groups is 1. The fourth-order valence-corrected chi connectivity index (χ4v) is 2.29. The van der Waals surface area contributed by atoms with Crippen molar-refractivity contribution in [1.29, 1.82) is 0 Å². The summed E-state index contributed by atoms with van der Waals surface area (Å²) >= 11 is 0. The van der Waals surface area contributed by atoms with Gasteiger partial charge >= 0.3 is 0 Å². The number of hydrogen-bond donors (Lipinski definition) is 3. The molecule has 1 aromatic carbocycles. The van der Waals surface area contributed by atoms with E-state index in [4.69, 9.17) is 4.74 Å². The van der Waals surface area contributed by atoms with E-state index < -0.39 is 0 Å². The Morgan fingerprint density at radius 2 is 2.12 bits per heavy atom. The molecule has 26 heavy (non-hydrogen) atoms. The lowest BCUT2D eigenvalue weighted by molar-refractivity contribution is -0.115. The van der Waals surface area contributed by atoms with Gasteiger partial charge in [0.2, 0.25) is 5.91 Å². The minimum atomic E-state index is -0.170. The van der Waals surface area contributed by atoms with Crippen LogP contribution >= 0.6 is 0 Å². The van der Waals surface area contributed by atoms with E-state index in [0.29, 0.717) is 24.7 Å². The first-order chi connectivity index (χ1) is 12.6. The second-order valence-corrected chi connectivity index (χ2v) is 5.65. The van der Waals surface area contributed by atoms with E-state index in [1.165, 1.54) is 0 Å². The summed E-state index contributed by atoms with van der Waals surface area (Å²) in [7, 11) is 1.65. The van der Waals surface area contributed by atoms with Gasteiger partial charge in [0.1, 0.15) is 5.75 Å². The molecule has 0 bridgehead atoms. The number of aromatic nitrogens is 1. The molecule has 0 saturated heterocycles. The summed E-state index contributed by atoms with van der Waals surface area (Å²) < 4.78 is 5.40. The Morgan fingerprint density at radius 3 is 2.81 bits per heavy atom. The Hall–Kier alpha value is -3.09. The monoisotopic (exact) mass is 355 g/mol. The second kappa shape index (κ2) is 10.0. The van der Waals surface area contributed by atoms with Crippen LogP contribution in [0.1, 0.15) is 18.1 Å². The fourth-order valence-electron chi connectivity index (χ4n) is 2.29. The highest BCUT2D eigenvalue weighted by molar-refractivity contribution is 5.94. The van der Waals surface area contributed by atoms with E-state index in [9.17, 15) is 4.79 Å². The normalized spacial score (nSPS) is 11.0. The fraction of sp³-hybridized carbons (Fsp3) is 0.316. The molecule has 0 radical (unpaired) electrons. The van der Waals surface area contributed by atoms with Gasteiger partial charge in [0.25, 0.3) is 0 Å². The molecule has 138 valence electrons. The standard InChI is InChI=1S/C19H25N5O2/c1-4-21-19(22-11-15-8-7-14(2)10-17(15)26-3)23-13-18(25)24-16-6-5-9-20-12-16/h5-10,12H,4,11,13H2,1-3H3,(H,24,25)(H2,21,22,23). The lowest BCUT2D eigenvalue weighted by Crippen LogP contribution is -2.41. The van der Waals surface area contributed by atoms with E-state index in [1.807, 2.05) is 32.0 Å². The minimum Gasteiger partial charge on any atom is -0.496 e. The first-order valence-electron chi connectivity index (χ1n) is 8.48. The number of amides is 1. The van der Waals surface area contributed by atoms with Gasteiger partial charge in [0.15, 0.2) is 5.96 Å². The summed E-state index contributed by atoms with van der Waals surface area (Å²) in [6.45, 7) is 5.23. The van der Waals surface area contributed by atoms with E-state index in [0.717, 1.165) is 16.9 Å². The molecule has 1 amide bonds. The highest BCUT2D eigenvalue weighted by atomic mass is 16.5. The Balaban J connectivity index is 1.95. The zero-order valence-electron chi connectivity index (χ0n) is 15.4. The number of anilines is 1. The SMILES string of the molecule is CCNC(=NCc1ccc(C)cc1OC)NCC(=O)Nc1cccnc1. The lowest BCUT2D eigenvalue weighted by atomic mass is 10.1. The van der Waals surface area contributed by atoms with Gasteiger partial charge in [-0.3, -0.25) is 9.78 Å². The van der Waals surface area contributed by atoms with Gasteiger partial charge in [-0.15, -0.1) is 0 Å². The predicted octanol–water partition coefficient (Wildman–Crippen LogP) is 2.09. The van der Waals surface area contributed by atoms with Crippen LogP contribution < -0.4 is 20.7 Å². The molecule has 2 rings (SSSR count). The maximum atomic E-state index is 12.0. The molecule has 0 spiro atoms. The molecule has 1 heterocycles. The maximum Gasteiger partial charge on any atom is 0.243 e. The van der Waals surface area contributed by atoms with Crippen molar-refractivity contribution in [2.45, 2.75) is 20.4 Å². The molecule has 3 N–H and O–H groups in total. The van der Waals surface area contributed by atoms with Gasteiger partial charge in [0, 0.05) is 18.3 Å². The van der Waals surface area contributed by atoms with Gasteiger partial charge in [-0.2, -0.15) is 0 Å². The number of nitrogens with one attached hydrogen (secondary N) is 3. The van der Waals surface area contributed by atoms with Crippen LogP contribution in [0, 0.1) is 6.92 Å². The molecular formula is C19H25N5O2. The molecule has 0 atom stereocenters. The third-order valence-corrected chi connectivity index (χ3v) is 3.56. The smallest absolute Gasteiger partial charge is 0.243 e. The number of pyridine rings is 1. The summed E-state index contributed by atoms with van der Waals surface area (Å²) in [6.07, 6.45) is 3.25. The van der Waals surface area contributed by atoms with Gasteiger partial charge in [0.05, 0.1) is 32.1 Å². The second-order valence-electron chi connectivity index (χ2n) is 5.65. The van der Waals surface area contributed by atoms with Crippen LogP contribution in [-0.2, 0) is 11.3 Å². The molecule has 0 unspecified atom stereocenters. The molecule has 2 aromatic rings. The summed E-state index contributed by atoms with van der Waals surface area (Å²) in [5.74, 6) is 1.20. The number of hydrogen-bond acceptors (Lipinski definition) is 4. The zero-order valence-corrected chi connectivity index (χ0v) is 15.4.